The molecule has 19 heavy (non-hydrogen) atoms. The number of carbonyl (C=O) groups is 1. The Hall–Kier alpha value is -2.04. The summed E-state index contributed by atoms with van der Waals surface area (Å²) in [5.74, 6) is -3.18. The lowest BCUT2D eigenvalue weighted by Gasteiger charge is -2.15. The second-order valence-electron chi connectivity index (χ2n) is 4.54. The smallest absolute Gasteiger partial charge is 0.164 e. The molecule has 1 heterocycles. The summed E-state index contributed by atoms with van der Waals surface area (Å²) in [6, 6.07) is 2.92. The number of hydrogen-bond donors (Lipinski definition) is 0. The SMILES string of the molecule is O=C1CCCc2c1ccn2-c1cc(F)c(F)cc1F. The summed E-state index contributed by atoms with van der Waals surface area (Å²) in [7, 11) is 0. The van der Waals surface area contributed by atoms with Gasteiger partial charge in [-0.25, -0.2) is 13.2 Å². The van der Waals surface area contributed by atoms with Crippen molar-refractivity contribution in [3.05, 3.63) is 53.1 Å². The first-order valence-corrected chi connectivity index (χ1v) is 5.96. The number of ketones is 1. The summed E-state index contributed by atoms with van der Waals surface area (Å²) in [5.41, 5.74) is 1.12. The molecular weight excluding hydrogens is 255 g/mol. The van der Waals surface area contributed by atoms with Gasteiger partial charge in [-0.3, -0.25) is 4.79 Å². The van der Waals surface area contributed by atoms with E-state index in [0.29, 0.717) is 36.6 Å². The first kappa shape index (κ1) is 12.0. The lowest BCUT2D eigenvalue weighted by atomic mass is 9.97. The fraction of sp³-hybridized carbons (Fsp3) is 0.214. The summed E-state index contributed by atoms with van der Waals surface area (Å²) >= 11 is 0. The largest absolute Gasteiger partial charge is 0.317 e. The number of Topliss-reactive ketones (excluding diaryl/α,β-unsaturated/α-hetero) is 1. The van der Waals surface area contributed by atoms with Crippen molar-refractivity contribution in [3.63, 3.8) is 0 Å². The highest BCUT2D eigenvalue weighted by Gasteiger charge is 2.22. The van der Waals surface area contributed by atoms with Gasteiger partial charge in [-0.1, -0.05) is 0 Å². The van der Waals surface area contributed by atoms with Crippen molar-refractivity contribution < 1.29 is 18.0 Å². The lowest BCUT2D eigenvalue weighted by molar-refractivity contribution is 0.0972. The summed E-state index contributed by atoms with van der Waals surface area (Å²) in [5, 5.41) is 0. The number of aromatic nitrogens is 1. The summed E-state index contributed by atoms with van der Waals surface area (Å²) in [6.07, 6.45) is 3.29. The van der Waals surface area contributed by atoms with E-state index in [1.54, 1.807) is 6.07 Å². The Morgan fingerprint density at radius 2 is 1.74 bits per heavy atom. The lowest BCUT2D eigenvalue weighted by Crippen LogP contribution is -2.13. The van der Waals surface area contributed by atoms with Crippen LogP contribution in [0.5, 0.6) is 0 Å². The maximum atomic E-state index is 13.7. The van der Waals surface area contributed by atoms with Crippen LogP contribution < -0.4 is 0 Å². The first-order valence-electron chi connectivity index (χ1n) is 5.96. The van der Waals surface area contributed by atoms with Gasteiger partial charge in [-0.2, -0.15) is 0 Å². The number of benzene rings is 1. The van der Waals surface area contributed by atoms with Gasteiger partial charge in [0.15, 0.2) is 17.4 Å². The third-order valence-electron chi connectivity index (χ3n) is 3.36. The molecule has 0 spiro atoms. The topological polar surface area (TPSA) is 22.0 Å². The van der Waals surface area contributed by atoms with Crippen LogP contribution in [0, 0.1) is 17.5 Å². The van der Waals surface area contributed by atoms with E-state index in [9.17, 15) is 18.0 Å². The van der Waals surface area contributed by atoms with Crippen LogP contribution in [0.15, 0.2) is 24.4 Å². The second kappa shape index (κ2) is 4.26. The molecule has 1 aromatic carbocycles. The Morgan fingerprint density at radius 3 is 2.53 bits per heavy atom. The minimum atomic E-state index is -1.22. The number of nitrogens with zero attached hydrogens (tertiary/aromatic N) is 1. The highest BCUT2D eigenvalue weighted by molar-refractivity contribution is 5.98. The molecule has 0 amide bonds. The minimum Gasteiger partial charge on any atom is -0.317 e. The fourth-order valence-electron chi connectivity index (χ4n) is 2.45. The third-order valence-corrected chi connectivity index (χ3v) is 3.36. The molecule has 3 rings (SSSR count). The molecule has 0 aliphatic heterocycles. The molecule has 0 fully saturated rings. The Balaban J connectivity index is 2.18. The predicted molar refractivity (Wildman–Crippen MR) is 62.9 cm³/mol. The van der Waals surface area contributed by atoms with Crippen molar-refractivity contribution in [1.29, 1.82) is 0 Å². The standard InChI is InChI=1S/C14H10F3NO/c15-9-6-11(17)13(7-10(9)16)18-5-4-8-12(18)2-1-3-14(8)19/h4-7H,1-3H2. The van der Waals surface area contributed by atoms with E-state index in [-0.39, 0.29) is 11.5 Å². The molecule has 1 aliphatic carbocycles. The molecule has 1 aromatic heterocycles. The van der Waals surface area contributed by atoms with Crippen LogP contribution in [0.2, 0.25) is 0 Å². The van der Waals surface area contributed by atoms with E-state index in [4.69, 9.17) is 0 Å². The van der Waals surface area contributed by atoms with Crippen molar-refractivity contribution in [2.75, 3.05) is 0 Å². The second-order valence-corrected chi connectivity index (χ2v) is 4.54. The van der Waals surface area contributed by atoms with E-state index in [1.165, 1.54) is 10.8 Å². The maximum Gasteiger partial charge on any atom is 0.164 e. The van der Waals surface area contributed by atoms with Crippen molar-refractivity contribution in [3.8, 4) is 5.69 Å². The molecule has 2 nitrogen and oxygen atoms in total. The van der Waals surface area contributed by atoms with Crippen molar-refractivity contribution in [1.82, 2.24) is 4.57 Å². The van der Waals surface area contributed by atoms with Gasteiger partial charge in [0.2, 0.25) is 0 Å². The number of fused-ring (bicyclic) bond motifs is 1. The van der Waals surface area contributed by atoms with Gasteiger partial charge in [-0.05, 0) is 18.9 Å². The van der Waals surface area contributed by atoms with Gasteiger partial charge in [0.05, 0.1) is 5.69 Å². The van der Waals surface area contributed by atoms with Gasteiger partial charge < -0.3 is 4.57 Å². The molecule has 98 valence electrons. The third kappa shape index (κ3) is 1.85. The van der Waals surface area contributed by atoms with E-state index in [0.717, 1.165) is 6.07 Å². The van der Waals surface area contributed by atoms with Gasteiger partial charge in [0.25, 0.3) is 0 Å². The number of carbonyl (C=O) groups excluding carboxylic acids is 1. The zero-order chi connectivity index (χ0) is 13.6. The molecular formula is C14H10F3NO. The average molecular weight is 265 g/mol. The van der Waals surface area contributed by atoms with Crippen molar-refractivity contribution in [2.45, 2.75) is 19.3 Å². The summed E-state index contributed by atoms with van der Waals surface area (Å²) in [4.78, 5) is 11.7. The van der Waals surface area contributed by atoms with E-state index >= 15 is 0 Å². The van der Waals surface area contributed by atoms with Crippen LogP contribution in [-0.2, 0) is 6.42 Å². The molecule has 1 aliphatic rings. The van der Waals surface area contributed by atoms with Crippen LogP contribution in [0.1, 0.15) is 28.9 Å². The predicted octanol–water partition coefficient (Wildman–Crippen LogP) is 3.41. The molecule has 0 saturated heterocycles. The average Bonchev–Trinajstić information content (AvgIpc) is 2.79. The molecule has 0 radical (unpaired) electrons. The summed E-state index contributed by atoms with van der Waals surface area (Å²) in [6.45, 7) is 0. The van der Waals surface area contributed by atoms with E-state index in [1.807, 2.05) is 0 Å². The number of hydrogen-bond acceptors (Lipinski definition) is 1. The van der Waals surface area contributed by atoms with Crippen molar-refractivity contribution >= 4 is 5.78 Å². The minimum absolute atomic E-state index is 0.00277. The monoisotopic (exact) mass is 265 g/mol. The van der Waals surface area contributed by atoms with Gasteiger partial charge in [0.1, 0.15) is 5.82 Å². The molecule has 0 unspecified atom stereocenters. The molecule has 0 N–H and O–H groups in total. The highest BCUT2D eigenvalue weighted by atomic mass is 19.2. The molecule has 5 heteroatoms. The number of halogens is 3. The zero-order valence-corrected chi connectivity index (χ0v) is 9.92. The zero-order valence-electron chi connectivity index (χ0n) is 9.92. The highest BCUT2D eigenvalue weighted by Crippen LogP contribution is 2.27. The number of rotatable bonds is 1. The van der Waals surface area contributed by atoms with Gasteiger partial charge >= 0.3 is 0 Å². The van der Waals surface area contributed by atoms with Gasteiger partial charge in [0, 0.05) is 36.0 Å². The van der Waals surface area contributed by atoms with Crippen LogP contribution in [0.3, 0.4) is 0 Å². The fourth-order valence-corrected chi connectivity index (χ4v) is 2.45. The Kier molecular flexibility index (Phi) is 2.69. The molecule has 0 bridgehead atoms. The van der Waals surface area contributed by atoms with E-state index < -0.39 is 17.5 Å². The quantitative estimate of drug-likeness (QED) is 0.724. The van der Waals surface area contributed by atoms with E-state index in [2.05, 4.69) is 0 Å². The maximum absolute atomic E-state index is 13.7. The Bertz CT molecular complexity index is 676. The Labute approximate surface area is 107 Å². The molecule has 2 aromatic rings. The summed E-state index contributed by atoms with van der Waals surface area (Å²) < 4.78 is 41.3. The first-order chi connectivity index (χ1) is 9.08. The molecule has 0 saturated carbocycles. The van der Waals surface area contributed by atoms with Crippen LogP contribution in [0.25, 0.3) is 5.69 Å². The Morgan fingerprint density at radius 1 is 1.00 bits per heavy atom. The normalized spacial score (nSPS) is 14.6. The molecule has 0 atom stereocenters. The van der Waals surface area contributed by atoms with Crippen LogP contribution in [0.4, 0.5) is 13.2 Å². The van der Waals surface area contributed by atoms with Crippen LogP contribution >= 0.6 is 0 Å². The van der Waals surface area contributed by atoms with Gasteiger partial charge in [-0.15, -0.1) is 0 Å². The van der Waals surface area contributed by atoms with Crippen molar-refractivity contribution in [2.24, 2.45) is 0 Å². The van der Waals surface area contributed by atoms with Crippen LogP contribution in [-0.4, -0.2) is 10.4 Å².